The van der Waals surface area contributed by atoms with Crippen LogP contribution < -0.4 is 15.5 Å². The fourth-order valence-corrected chi connectivity index (χ4v) is 0.819. The fraction of sp³-hybridized carbons (Fsp3) is 1.00. The fourth-order valence-electron chi connectivity index (χ4n) is 0.273. The van der Waals surface area contributed by atoms with Gasteiger partial charge in [0, 0.05) is 0 Å². The molecule has 0 fully saturated rings. The van der Waals surface area contributed by atoms with Crippen molar-refractivity contribution in [3.8, 4) is 0 Å². The van der Waals surface area contributed by atoms with Crippen molar-refractivity contribution in [2.24, 2.45) is 0 Å². The lowest BCUT2D eigenvalue weighted by atomic mass is 10.4. The van der Waals surface area contributed by atoms with E-state index in [0.29, 0.717) is 0 Å². The topological polar surface area (TPSA) is 100 Å². The summed E-state index contributed by atoms with van der Waals surface area (Å²) in [5, 5.41) is 0. The Morgan fingerprint density at radius 3 is 2.33 bits per heavy atom. The zero-order valence-corrected chi connectivity index (χ0v) is 5.97. The first-order valence-electron chi connectivity index (χ1n) is 2.45. The van der Waals surface area contributed by atoms with E-state index in [1.54, 1.807) is 0 Å². The molecule has 0 aromatic carbocycles. The molecule has 0 heterocycles. The molecular weight excluding hydrogens is 145 g/mol. The number of hydrogen-bond donors (Lipinski definition) is 1. The molecule has 0 aromatic heterocycles. The third kappa shape index (κ3) is 5.95. The lowest BCUT2D eigenvalue weighted by Crippen LogP contribution is -2.55. The quantitative estimate of drug-likeness (QED) is 0.452. The molecule has 0 aliphatic rings. The van der Waals surface area contributed by atoms with Crippen molar-refractivity contribution in [2.75, 3.05) is 6.54 Å². The summed E-state index contributed by atoms with van der Waals surface area (Å²) in [5.74, 6) is 0. The van der Waals surface area contributed by atoms with Crippen LogP contribution in [0.4, 0.5) is 0 Å². The minimum Gasteiger partial charge on any atom is -0.790 e. The molecule has 0 aliphatic carbocycles. The number of quaternary nitrogens is 1. The standard InChI is InChI=1S/C3H10NO4P/c1-3(2-4)8-9(5,6)7/h3H,2,4H2,1H3,(H2,5,6,7)/p-1/t3-/m1/s1. The average molecular weight is 154 g/mol. The van der Waals surface area contributed by atoms with Crippen LogP contribution in [0, 0.1) is 0 Å². The van der Waals surface area contributed by atoms with Gasteiger partial charge in [-0.05, 0) is 6.92 Å². The highest BCUT2D eigenvalue weighted by Crippen LogP contribution is 2.26. The summed E-state index contributed by atoms with van der Waals surface area (Å²) < 4.78 is 13.8. The molecule has 9 heavy (non-hydrogen) atoms. The molecule has 56 valence electrons. The Hall–Kier alpha value is 0.0700. The summed E-state index contributed by atoms with van der Waals surface area (Å²) in [4.78, 5) is 19.6. The predicted molar refractivity (Wildman–Crippen MR) is 25.9 cm³/mol. The summed E-state index contributed by atoms with van der Waals surface area (Å²) in [7, 11) is -4.78. The molecule has 0 spiro atoms. The second-order valence-corrected chi connectivity index (χ2v) is 2.76. The molecule has 0 saturated heterocycles. The summed E-state index contributed by atoms with van der Waals surface area (Å²) in [6, 6.07) is 0. The van der Waals surface area contributed by atoms with Gasteiger partial charge in [-0.3, -0.25) is 0 Å². The second kappa shape index (κ2) is 3.29. The highest BCUT2D eigenvalue weighted by Gasteiger charge is 2.01. The maximum atomic E-state index is 9.82. The minimum atomic E-state index is -4.78. The van der Waals surface area contributed by atoms with Crippen molar-refractivity contribution in [1.82, 2.24) is 0 Å². The molecular formula is C3H9NO4P-. The van der Waals surface area contributed by atoms with Crippen LogP contribution in [0.25, 0.3) is 0 Å². The molecule has 0 rings (SSSR count). The van der Waals surface area contributed by atoms with Crippen LogP contribution in [0.3, 0.4) is 0 Å². The number of hydrogen-bond acceptors (Lipinski definition) is 4. The predicted octanol–water partition coefficient (Wildman–Crippen LogP) is -2.54. The molecule has 0 saturated carbocycles. The third-order valence-corrected chi connectivity index (χ3v) is 1.33. The van der Waals surface area contributed by atoms with E-state index >= 15 is 0 Å². The van der Waals surface area contributed by atoms with Crippen molar-refractivity contribution in [3.63, 3.8) is 0 Å². The van der Waals surface area contributed by atoms with Gasteiger partial charge in [-0.25, -0.2) is 0 Å². The first-order chi connectivity index (χ1) is 3.95. The number of rotatable bonds is 3. The molecule has 0 aliphatic heterocycles. The maximum Gasteiger partial charge on any atom is 0.109 e. The van der Waals surface area contributed by atoms with E-state index in [4.69, 9.17) is 0 Å². The Bertz CT molecular complexity index is 121. The molecule has 0 radical (unpaired) electrons. The molecule has 6 heteroatoms. The zero-order chi connectivity index (χ0) is 7.49. The van der Waals surface area contributed by atoms with Crippen LogP contribution in [0.15, 0.2) is 0 Å². The molecule has 1 atom stereocenters. The SMILES string of the molecule is C[C@H](C[NH3+])OP(=O)([O-])[O-]. The van der Waals surface area contributed by atoms with E-state index < -0.39 is 13.9 Å². The van der Waals surface area contributed by atoms with Crippen molar-refractivity contribution < 1.29 is 24.6 Å². The lowest BCUT2D eigenvalue weighted by Gasteiger charge is -2.30. The molecule has 0 aromatic rings. The summed E-state index contributed by atoms with van der Waals surface area (Å²) >= 11 is 0. The highest BCUT2D eigenvalue weighted by atomic mass is 31.2. The van der Waals surface area contributed by atoms with Crippen LogP contribution in [-0.2, 0) is 9.09 Å². The van der Waals surface area contributed by atoms with Crippen LogP contribution >= 0.6 is 7.82 Å². The van der Waals surface area contributed by atoms with Gasteiger partial charge in [0.05, 0.1) is 7.82 Å². The Morgan fingerprint density at radius 1 is 1.78 bits per heavy atom. The molecule has 0 bridgehead atoms. The second-order valence-electron chi connectivity index (χ2n) is 1.65. The van der Waals surface area contributed by atoms with Gasteiger partial charge in [-0.2, -0.15) is 0 Å². The smallest absolute Gasteiger partial charge is 0.109 e. The van der Waals surface area contributed by atoms with Crippen molar-refractivity contribution in [1.29, 1.82) is 0 Å². The summed E-state index contributed by atoms with van der Waals surface area (Å²) in [6.45, 7) is 1.74. The van der Waals surface area contributed by atoms with Gasteiger partial charge >= 0.3 is 0 Å². The van der Waals surface area contributed by atoms with Gasteiger partial charge in [0.2, 0.25) is 0 Å². The van der Waals surface area contributed by atoms with Crippen LogP contribution in [0.1, 0.15) is 6.92 Å². The van der Waals surface area contributed by atoms with Crippen LogP contribution in [0.2, 0.25) is 0 Å². The Labute approximate surface area is 53.1 Å². The normalized spacial score (nSPS) is 15.6. The average Bonchev–Trinajstić information content (AvgIpc) is 1.62. The van der Waals surface area contributed by atoms with Crippen molar-refractivity contribution >= 4 is 7.82 Å². The summed E-state index contributed by atoms with van der Waals surface area (Å²) in [6.07, 6.45) is -0.606. The minimum absolute atomic E-state index is 0.272. The van der Waals surface area contributed by atoms with E-state index in [0.717, 1.165) is 0 Å². The number of phosphoric acid groups is 1. The highest BCUT2D eigenvalue weighted by molar-refractivity contribution is 7.43. The van der Waals surface area contributed by atoms with E-state index in [2.05, 4.69) is 10.3 Å². The first-order valence-corrected chi connectivity index (χ1v) is 3.91. The van der Waals surface area contributed by atoms with E-state index in [9.17, 15) is 14.4 Å². The van der Waals surface area contributed by atoms with Gasteiger partial charge in [0.25, 0.3) is 0 Å². The van der Waals surface area contributed by atoms with Gasteiger partial charge in [-0.15, -0.1) is 0 Å². The number of phosphoric ester groups is 1. The largest absolute Gasteiger partial charge is 0.790 e. The van der Waals surface area contributed by atoms with Gasteiger partial charge in [0.15, 0.2) is 0 Å². The summed E-state index contributed by atoms with van der Waals surface area (Å²) in [5.41, 5.74) is 3.35. The van der Waals surface area contributed by atoms with Crippen molar-refractivity contribution in [2.45, 2.75) is 13.0 Å². The van der Waals surface area contributed by atoms with Gasteiger partial charge < -0.3 is 24.6 Å². The Morgan fingerprint density at radius 2 is 2.22 bits per heavy atom. The zero-order valence-electron chi connectivity index (χ0n) is 5.07. The Balaban J connectivity index is 3.60. The third-order valence-electron chi connectivity index (χ3n) is 0.716. The molecule has 0 amide bonds. The van der Waals surface area contributed by atoms with E-state index in [1.165, 1.54) is 6.92 Å². The molecule has 5 nitrogen and oxygen atoms in total. The molecule has 0 unspecified atom stereocenters. The van der Waals surface area contributed by atoms with Crippen molar-refractivity contribution in [3.05, 3.63) is 0 Å². The monoisotopic (exact) mass is 154 g/mol. The van der Waals surface area contributed by atoms with Gasteiger partial charge in [0.1, 0.15) is 12.6 Å². The first kappa shape index (κ1) is 9.07. The van der Waals surface area contributed by atoms with E-state index in [1.807, 2.05) is 0 Å². The van der Waals surface area contributed by atoms with Crippen LogP contribution in [0.5, 0.6) is 0 Å². The van der Waals surface area contributed by atoms with Crippen LogP contribution in [-0.4, -0.2) is 12.6 Å². The van der Waals surface area contributed by atoms with Gasteiger partial charge in [-0.1, -0.05) is 0 Å². The molecule has 3 N–H and O–H groups in total. The van der Waals surface area contributed by atoms with E-state index in [-0.39, 0.29) is 6.54 Å². The lowest BCUT2D eigenvalue weighted by molar-refractivity contribution is -0.392. The Kier molecular flexibility index (Phi) is 3.32. The maximum absolute atomic E-state index is 9.82.